The largest absolute Gasteiger partial charge is 0.341 e. The second-order valence-electron chi connectivity index (χ2n) is 8.24. The molecule has 0 aromatic carbocycles. The van der Waals surface area contributed by atoms with E-state index in [1.165, 1.54) is 32.1 Å². The predicted molar refractivity (Wildman–Crippen MR) is 93.3 cm³/mol. The van der Waals surface area contributed by atoms with E-state index in [2.05, 4.69) is 19.4 Å². The van der Waals surface area contributed by atoms with Gasteiger partial charge in [0.05, 0.1) is 12.0 Å². The summed E-state index contributed by atoms with van der Waals surface area (Å²) in [6.07, 6.45) is 12.8. The minimum atomic E-state index is -0.0852. The molecule has 1 spiro atoms. The second kappa shape index (κ2) is 6.51. The smallest absolute Gasteiger partial charge is 0.231 e. The highest BCUT2D eigenvalue weighted by molar-refractivity contribution is 5.89. The fourth-order valence-electron chi connectivity index (χ4n) is 4.99. The Morgan fingerprint density at radius 3 is 2.75 bits per heavy atom. The third-order valence-electron chi connectivity index (χ3n) is 6.38. The summed E-state index contributed by atoms with van der Waals surface area (Å²) in [6.45, 7) is 4.87. The predicted octanol–water partition coefficient (Wildman–Crippen LogP) is 2.42. The lowest BCUT2D eigenvalue weighted by Crippen LogP contribution is -2.67. The summed E-state index contributed by atoms with van der Waals surface area (Å²) < 4.78 is 2.08. The molecule has 1 saturated carbocycles. The summed E-state index contributed by atoms with van der Waals surface area (Å²) in [5.74, 6) is 2.28. The monoisotopic (exact) mass is 330 g/mol. The van der Waals surface area contributed by atoms with E-state index < -0.39 is 0 Å². The Morgan fingerprint density at radius 1 is 1.21 bits per heavy atom. The molecule has 1 aliphatic carbocycles. The number of nitrogens with zero attached hydrogens (tertiary/aromatic N) is 4. The molecule has 0 bridgehead atoms. The Balaban J connectivity index is 1.34. The van der Waals surface area contributed by atoms with E-state index >= 15 is 0 Å². The molecule has 5 heteroatoms. The van der Waals surface area contributed by atoms with Gasteiger partial charge in [-0.25, -0.2) is 4.98 Å². The van der Waals surface area contributed by atoms with Gasteiger partial charge in [0.15, 0.2) is 0 Å². The van der Waals surface area contributed by atoms with Gasteiger partial charge in [-0.3, -0.25) is 9.69 Å². The number of hydrogen-bond donors (Lipinski definition) is 0. The van der Waals surface area contributed by atoms with Gasteiger partial charge in [-0.1, -0.05) is 19.3 Å². The van der Waals surface area contributed by atoms with Gasteiger partial charge < -0.3 is 9.47 Å². The molecule has 3 aliphatic rings. The standard InChI is InChI=1S/C19H30N4O/c1-21-11-9-20-17(21)13-22-10-5-8-19(14-22)15-23(18(19)24)12-16-6-3-2-4-7-16/h9,11,16H,2-8,10,12-15H2,1H3/t19-/m0/s1. The van der Waals surface area contributed by atoms with Crippen LogP contribution in [0.1, 0.15) is 50.8 Å². The Hall–Kier alpha value is -1.36. The second-order valence-corrected chi connectivity index (χ2v) is 8.24. The van der Waals surface area contributed by atoms with Crippen molar-refractivity contribution in [1.82, 2.24) is 19.4 Å². The number of likely N-dealkylation sites (tertiary alicyclic amines) is 2. The molecule has 0 unspecified atom stereocenters. The van der Waals surface area contributed by atoms with Crippen molar-refractivity contribution >= 4 is 5.91 Å². The van der Waals surface area contributed by atoms with Crippen molar-refractivity contribution < 1.29 is 4.79 Å². The first-order valence-corrected chi connectivity index (χ1v) is 9.64. The first kappa shape index (κ1) is 16.1. The van der Waals surface area contributed by atoms with E-state index in [-0.39, 0.29) is 5.41 Å². The molecule has 1 aromatic rings. The molecule has 5 nitrogen and oxygen atoms in total. The van der Waals surface area contributed by atoms with Crippen molar-refractivity contribution in [2.75, 3.05) is 26.2 Å². The molecule has 4 rings (SSSR count). The van der Waals surface area contributed by atoms with Crippen LogP contribution < -0.4 is 0 Å². The number of β-lactam (4-membered cyclic amide) rings is 1. The number of carbonyl (C=O) groups is 1. The first-order chi connectivity index (χ1) is 11.7. The number of imidazole rings is 1. The fraction of sp³-hybridized carbons (Fsp3) is 0.789. The molecule has 1 atom stereocenters. The van der Waals surface area contributed by atoms with Crippen LogP contribution in [0.5, 0.6) is 0 Å². The summed E-state index contributed by atoms with van der Waals surface area (Å²) in [5.41, 5.74) is -0.0852. The van der Waals surface area contributed by atoms with Crippen LogP contribution in [-0.4, -0.2) is 51.4 Å². The van der Waals surface area contributed by atoms with Gasteiger partial charge in [-0.2, -0.15) is 0 Å². The van der Waals surface area contributed by atoms with Crippen LogP contribution in [0.2, 0.25) is 0 Å². The normalized spacial score (nSPS) is 29.2. The number of amides is 1. The Morgan fingerprint density at radius 2 is 2.04 bits per heavy atom. The average molecular weight is 330 g/mol. The number of hydrogen-bond acceptors (Lipinski definition) is 3. The van der Waals surface area contributed by atoms with Gasteiger partial charge in [0, 0.05) is 39.1 Å². The molecule has 132 valence electrons. The van der Waals surface area contributed by atoms with Crippen LogP contribution in [-0.2, 0) is 18.4 Å². The SMILES string of the molecule is Cn1ccnc1CN1CCC[C@]2(C1)CN(CC1CCCCC1)C2=O. The van der Waals surface area contributed by atoms with E-state index in [0.717, 1.165) is 57.3 Å². The summed E-state index contributed by atoms with van der Waals surface area (Å²) >= 11 is 0. The molecule has 2 aliphatic heterocycles. The number of piperidine rings is 1. The number of aromatic nitrogens is 2. The Kier molecular flexibility index (Phi) is 4.37. The molecule has 0 N–H and O–H groups in total. The van der Waals surface area contributed by atoms with Crippen molar-refractivity contribution in [2.24, 2.45) is 18.4 Å². The van der Waals surface area contributed by atoms with Gasteiger partial charge in [-0.15, -0.1) is 0 Å². The molecule has 2 saturated heterocycles. The zero-order valence-corrected chi connectivity index (χ0v) is 14.9. The number of carbonyl (C=O) groups excluding carboxylic acids is 1. The Bertz CT molecular complexity index is 592. The summed E-state index contributed by atoms with van der Waals surface area (Å²) in [6, 6.07) is 0. The maximum absolute atomic E-state index is 12.9. The van der Waals surface area contributed by atoms with Gasteiger partial charge in [0.25, 0.3) is 0 Å². The lowest BCUT2D eigenvalue weighted by molar-refractivity contribution is -0.168. The van der Waals surface area contributed by atoms with Crippen molar-refractivity contribution in [3.8, 4) is 0 Å². The van der Waals surface area contributed by atoms with E-state index in [9.17, 15) is 4.79 Å². The van der Waals surface area contributed by atoms with Gasteiger partial charge in [0.1, 0.15) is 5.82 Å². The highest BCUT2D eigenvalue weighted by atomic mass is 16.2. The molecule has 1 aromatic heterocycles. The quantitative estimate of drug-likeness (QED) is 0.796. The van der Waals surface area contributed by atoms with Crippen molar-refractivity contribution in [3.63, 3.8) is 0 Å². The highest BCUT2D eigenvalue weighted by Crippen LogP contribution is 2.41. The summed E-state index contributed by atoms with van der Waals surface area (Å²) in [4.78, 5) is 21.9. The minimum absolute atomic E-state index is 0.0852. The number of aryl methyl sites for hydroxylation is 1. The van der Waals surface area contributed by atoms with Crippen LogP contribution in [0.3, 0.4) is 0 Å². The molecule has 3 heterocycles. The van der Waals surface area contributed by atoms with Crippen LogP contribution in [0.15, 0.2) is 12.4 Å². The highest BCUT2D eigenvalue weighted by Gasteiger charge is 2.53. The van der Waals surface area contributed by atoms with Crippen LogP contribution in [0.4, 0.5) is 0 Å². The topological polar surface area (TPSA) is 41.4 Å². The fourth-order valence-corrected chi connectivity index (χ4v) is 4.99. The van der Waals surface area contributed by atoms with Crippen molar-refractivity contribution in [2.45, 2.75) is 51.5 Å². The molecule has 3 fully saturated rings. The van der Waals surface area contributed by atoms with Gasteiger partial charge in [-0.05, 0) is 38.1 Å². The van der Waals surface area contributed by atoms with Crippen molar-refractivity contribution in [3.05, 3.63) is 18.2 Å². The van der Waals surface area contributed by atoms with Crippen molar-refractivity contribution in [1.29, 1.82) is 0 Å². The Labute approximate surface area is 145 Å². The zero-order chi connectivity index (χ0) is 16.6. The van der Waals surface area contributed by atoms with E-state index in [0.29, 0.717) is 5.91 Å². The number of rotatable bonds is 4. The third kappa shape index (κ3) is 2.99. The minimum Gasteiger partial charge on any atom is -0.341 e. The summed E-state index contributed by atoms with van der Waals surface area (Å²) in [7, 11) is 2.04. The lowest BCUT2D eigenvalue weighted by atomic mass is 9.71. The lowest BCUT2D eigenvalue weighted by Gasteiger charge is -2.54. The van der Waals surface area contributed by atoms with E-state index in [1.807, 2.05) is 19.4 Å². The van der Waals surface area contributed by atoms with Crippen LogP contribution in [0.25, 0.3) is 0 Å². The van der Waals surface area contributed by atoms with Gasteiger partial charge >= 0.3 is 0 Å². The van der Waals surface area contributed by atoms with E-state index in [4.69, 9.17) is 0 Å². The molecule has 1 amide bonds. The molecular weight excluding hydrogens is 300 g/mol. The van der Waals surface area contributed by atoms with E-state index in [1.54, 1.807) is 0 Å². The van der Waals surface area contributed by atoms with Crippen LogP contribution in [0, 0.1) is 11.3 Å². The molecular formula is C19H30N4O. The third-order valence-corrected chi connectivity index (χ3v) is 6.38. The first-order valence-electron chi connectivity index (χ1n) is 9.64. The average Bonchev–Trinajstić information content (AvgIpc) is 3.00. The van der Waals surface area contributed by atoms with Gasteiger partial charge in [0.2, 0.25) is 5.91 Å². The zero-order valence-electron chi connectivity index (χ0n) is 14.9. The molecule has 24 heavy (non-hydrogen) atoms. The summed E-state index contributed by atoms with van der Waals surface area (Å²) in [5, 5.41) is 0. The van der Waals surface area contributed by atoms with Crippen LogP contribution >= 0.6 is 0 Å². The maximum Gasteiger partial charge on any atom is 0.231 e. The maximum atomic E-state index is 12.9. The molecule has 0 radical (unpaired) electrons.